The predicted octanol–water partition coefficient (Wildman–Crippen LogP) is 2.84. The van der Waals surface area contributed by atoms with Crippen LogP contribution in [0.5, 0.6) is 0 Å². The number of nitrogens with zero attached hydrogens (tertiary/aromatic N) is 4. The number of amides is 1. The molecule has 0 saturated carbocycles. The number of hydrogen-bond acceptors (Lipinski definition) is 6. The Morgan fingerprint density at radius 2 is 2.37 bits per heavy atom. The van der Waals surface area contributed by atoms with E-state index in [1.54, 1.807) is 6.20 Å². The van der Waals surface area contributed by atoms with Gasteiger partial charge in [0.2, 0.25) is 11.9 Å². The number of halogens is 1. The Kier molecular flexibility index (Phi) is 6.24. The van der Waals surface area contributed by atoms with Crippen LogP contribution >= 0.6 is 15.9 Å². The molecule has 7 nitrogen and oxygen atoms in total. The molecule has 1 saturated heterocycles. The van der Waals surface area contributed by atoms with Gasteiger partial charge in [0.05, 0.1) is 16.0 Å². The van der Waals surface area contributed by atoms with E-state index in [0.717, 1.165) is 36.1 Å². The summed E-state index contributed by atoms with van der Waals surface area (Å²) in [6.45, 7) is 4.14. The lowest BCUT2D eigenvalue weighted by Gasteiger charge is -2.16. The largest absolute Gasteiger partial charge is 0.354 e. The topological polar surface area (TPSA) is 93.9 Å². The molecular weight excluding hydrogens is 408 g/mol. The van der Waals surface area contributed by atoms with E-state index in [-0.39, 0.29) is 5.91 Å². The van der Waals surface area contributed by atoms with Gasteiger partial charge in [0.25, 0.3) is 0 Å². The van der Waals surface area contributed by atoms with Gasteiger partial charge >= 0.3 is 0 Å². The van der Waals surface area contributed by atoms with E-state index in [4.69, 9.17) is 0 Å². The standard InChI is InChI=1S/C19H21BrN6O/c1-13-12-23-19(22-8-4-10-26-9-3-7-17(26)27)25-18(13)14(11-21)15-5-2-6-16(20)24-15/h2,5-6,12,24H,3-4,7-10H2,1H3,(H,22,23,25)/b15-14-. The molecule has 27 heavy (non-hydrogen) atoms. The number of anilines is 1. The van der Waals surface area contributed by atoms with E-state index < -0.39 is 0 Å². The molecule has 2 aliphatic rings. The van der Waals surface area contributed by atoms with Gasteiger partial charge in [-0.15, -0.1) is 0 Å². The van der Waals surface area contributed by atoms with Crippen molar-refractivity contribution >= 4 is 33.4 Å². The first kappa shape index (κ1) is 19.1. The van der Waals surface area contributed by atoms with Gasteiger partial charge in [-0.1, -0.05) is 6.08 Å². The van der Waals surface area contributed by atoms with Crippen molar-refractivity contribution in [2.45, 2.75) is 26.2 Å². The molecule has 2 aliphatic heterocycles. The average Bonchev–Trinajstić information content (AvgIpc) is 3.07. The summed E-state index contributed by atoms with van der Waals surface area (Å²) in [6, 6.07) is 2.24. The van der Waals surface area contributed by atoms with Crippen molar-refractivity contribution in [1.29, 1.82) is 5.26 Å². The first-order valence-corrected chi connectivity index (χ1v) is 9.68. The molecule has 0 aliphatic carbocycles. The fourth-order valence-electron chi connectivity index (χ4n) is 3.02. The summed E-state index contributed by atoms with van der Waals surface area (Å²) in [5, 5.41) is 16.0. The molecular formula is C19H21BrN6O. The van der Waals surface area contributed by atoms with Crippen LogP contribution in [0.4, 0.5) is 5.95 Å². The zero-order chi connectivity index (χ0) is 19.2. The molecule has 3 rings (SSSR count). The summed E-state index contributed by atoms with van der Waals surface area (Å²) in [5.41, 5.74) is 2.57. The number of aromatic nitrogens is 2. The van der Waals surface area contributed by atoms with Gasteiger partial charge in [-0.25, -0.2) is 9.97 Å². The van der Waals surface area contributed by atoms with Gasteiger partial charge in [0, 0.05) is 32.3 Å². The SMILES string of the molecule is Cc1cnc(NCCCN2CCCC2=O)nc1/C(C#N)=C1/C=CC=C(Br)N1. The van der Waals surface area contributed by atoms with Gasteiger partial charge in [-0.2, -0.15) is 5.26 Å². The number of carbonyl (C=O) groups excluding carboxylic acids is 1. The number of aryl methyl sites for hydroxylation is 1. The minimum Gasteiger partial charge on any atom is -0.354 e. The smallest absolute Gasteiger partial charge is 0.223 e. The molecule has 0 atom stereocenters. The Balaban J connectivity index is 1.68. The molecule has 8 heteroatoms. The van der Waals surface area contributed by atoms with Crippen LogP contribution in [-0.2, 0) is 4.79 Å². The molecule has 0 unspecified atom stereocenters. The normalized spacial score (nSPS) is 18.0. The first-order chi connectivity index (χ1) is 13.1. The van der Waals surface area contributed by atoms with E-state index >= 15 is 0 Å². The second kappa shape index (κ2) is 8.82. The number of dihydropyridines is 1. The highest BCUT2D eigenvalue weighted by Crippen LogP contribution is 2.23. The van der Waals surface area contributed by atoms with E-state index in [1.165, 1.54) is 0 Å². The average molecular weight is 429 g/mol. The molecule has 0 spiro atoms. The lowest BCUT2D eigenvalue weighted by molar-refractivity contribution is -0.127. The van der Waals surface area contributed by atoms with Crippen LogP contribution in [0.1, 0.15) is 30.5 Å². The van der Waals surface area contributed by atoms with Gasteiger partial charge in [0.15, 0.2) is 0 Å². The Morgan fingerprint density at radius 3 is 3.07 bits per heavy atom. The molecule has 1 fully saturated rings. The van der Waals surface area contributed by atoms with Crippen LogP contribution in [-0.4, -0.2) is 40.4 Å². The summed E-state index contributed by atoms with van der Waals surface area (Å²) in [4.78, 5) is 22.4. The zero-order valence-corrected chi connectivity index (χ0v) is 16.7. The van der Waals surface area contributed by atoms with Crippen molar-refractivity contribution in [2.24, 2.45) is 0 Å². The Bertz CT molecular complexity index is 867. The summed E-state index contributed by atoms with van der Waals surface area (Å²) >= 11 is 3.39. The van der Waals surface area contributed by atoms with E-state index in [0.29, 0.717) is 35.9 Å². The molecule has 1 aromatic rings. The number of likely N-dealkylation sites (tertiary alicyclic amines) is 1. The Hall–Kier alpha value is -2.66. The Labute approximate surface area is 167 Å². The first-order valence-electron chi connectivity index (χ1n) is 8.89. The molecule has 0 aromatic carbocycles. The zero-order valence-electron chi connectivity index (χ0n) is 15.1. The molecule has 2 N–H and O–H groups in total. The highest BCUT2D eigenvalue weighted by atomic mass is 79.9. The van der Waals surface area contributed by atoms with Crippen LogP contribution in [0.2, 0.25) is 0 Å². The highest BCUT2D eigenvalue weighted by Gasteiger charge is 2.19. The van der Waals surface area contributed by atoms with E-state index in [1.807, 2.05) is 30.1 Å². The van der Waals surface area contributed by atoms with Gasteiger partial charge in [0.1, 0.15) is 11.6 Å². The minimum atomic E-state index is 0.238. The third kappa shape index (κ3) is 4.74. The molecule has 3 heterocycles. The van der Waals surface area contributed by atoms with Crippen molar-refractivity contribution in [3.63, 3.8) is 0 Å². The van der Waals surface area contributed by atoms with E-state index in [2.05, 4.69) is 42.6 Å². The maximum atomic E-state index is 11.6. The summed E-state index contributed by atoms with van der Waals surface area (Å²) in [5.74, 6) is 0.716. The maximum Gasteiger partial charge on any atom is 0.223 e. The molecule has 0 bridgehead atoms. The number of nitrogens with one attached hydrogen (secondary N) is 2. The third-order valence-corrected chi connectivity index (χ3v) is 4.87. The van der Waals surface area contributed by atoms with Crippen LogP contribution < -0.4 is 10.6 Å². The summed E-state index contributed by atoms with van der Waals surface area (Å²) < 4.78 is 0.786. The predicted molar refractivity (Wildman–Crippen MR) is 108 cm³/mol. The van der Waals surface area contributed by atoms with Gasteiger partial charge < -0.3 is 15.5 Å². The molecule has 0 radical (unpaired) electrons. The number of allylic oxidation sites excluding steroid dienone is 4. The lowest BCUT2D eigenvalue weighted by Crippen LogP contribution is -2.27. The molecule has 140 valence electrons. The second-order valence-electron chi connectivity index (χ2n) is 6.39. The highest BCUT2D eigenvalue weighted by molar-refractivity contribution is 9.11. The minimum absolute atomic E-state index is 0.238. The van der Waals surface area contributed by atoms with Gasteiger partial charge in [-0.3, -0.25) is 4.79 Å². The number of nitriles is 1. The van der Waals surface area contributed by atoms with Crippen LogP contribution in [0.15, 0.2) is 34.7 Å². The van der Waals surface area contributed by atoms with Crippen molar-refractivity contribution in [1.82, 2.24) is 20.2 Å². The lowest BCUT2D eigenvalue weighted by atomic mass is 10.1. The quantitative estimate of drug-likeness (QED) is 0.410. The Morgan fingerprint density at radius 1 is 1.52 bits per heavy atom. The number of hydrogen-bond donors (Lipinski definition) is 2. The molecule has 1 aromatic heterocycles. The molecule has 1 amide bonds. The second-order valence-corrected chi connectivity index (χ2v) is 7.24. The fraction of sp³-hybridized carbons (Fsp3) is 0.368. The van der Waals surface area contributed by atoms with Crippen LogP contribution in [0.3, 0.4) is 0 Å². The van der Waals surface area contributed by atoms with Crippen LogP contribution in [0, 0.1) is 18.3 Å². The summed E-state index contributed by atoms with van der Waals surface area (Å²) in [7, 11) is 0. The number of rotatable bonds is 6. The van der Waals surface area contributed by atoms with Gasteiger partial charge in [-0.05, 0) is 53.4 Å². The summed E-state index contributed by atoms with van der Waals surface area (Å²) in [6.07, 6.45) is 9.72. The van der Waals surface area contributed by atoms with Crippen molar-refractivity contribution < 1.29 is 4.79 Å². The van der Waals surface area contributed by atoms with Crippen molar-refractivity contribution in [3.05, 3.63) is 46.0 Å². The maximum absolute atomic E-state index is 11.6. The van der Waals surface area contributed by atoms with Crippen molar-refractivity contribution in [2.75, 3.05) is 25.0 Å². The number of carbonyl (C=O) groups is 1. The fourth-order valence-corrected chi connectivity index (χ4v) is 3.38. The third-order valence-electron chi connectivity index (χ3n) is 4.41. The van der Waals surface area contributed by atoms with Crippen molar-refractivity contribution in [3.8, 4) is 6.07 Å². The van der Waals surface area contributed by atoms with Crippen LogP contribution in [0.25, 0.3) is 5.57 Å². The monoisotopic (exact) mass is 428 g/mol. The van der Waals surface area contributed by atoms with E-state index in [9.17, 15) is 10.1 Å².